The van der Waals surface area contributed by atoms with E-state index in [1.807, 2.05) is 63.8 Å². The summed E-state index contributed by atoms with van der Waals surface area (Å²) in [6.45, 7) is 1.58. The van der Waals surface area contributed by atoms with Crippen molar-refractivity contribution in [2.24, 2.45) is 13.0 Å². The van der Waals surface area contributed by atoms with Crippen LogP contribution in [0.15, 0.2) is 55.1 Å². The molecule has 1 aromatic carbocycles. The zero-order valence-electron chi connectivity index (χ0n) is 16.0. The van der Waals surface area contributed by atoms with Crippen molar-refractivity contribution >= 4 is 5.91 Å². The largest absolute Gasteiger partial charge is 0.385 e. The van der Waals surface area contributed by atoms with Crippen molar-refractivity contribution in [3.05, 3.63) is 60.9 Å². The van der Waals surface area contributed by atoms with E-state index >= 15 is 0 Å². The van der Waals surface area contributed by atoms with E-state index in [2.05, 4.69) is 9.97 Å². The summed E-state index contributed by atoms with van der Waals surface area (Å²) in [7, 11) is 1.89. The lowest BCUT2D eigenvalue weighted by molar-refractivity contribution is -0.133. The van der Waals surface area contributed by atoms with E-state index in [-0.39, 0.29) is 18.4 Å². The Hall–Kier alpha value is -2.93. The summed E-state index contributed by atoms with van der Waals surface area (Å²) in [5.74, 6) is 1.70. The molecule has 0 radical (unpaired) electrons. The van der Waals surface area contributed by atoms with E-state index in [0.717, 1.165) is 24.2 Å². The lowest BCUT2D eigenvalue weighted by Gasteiger charge is -2.34. The van der Waals surface area contributed by atoms with Crippen molar-refractivity contribution in [2.75, 3.05) is 13.1 Å². The maximum absolute atomic E-state index is 12.8. The monoisotopic (exact) mass is 379 g/mol. The van der Waals surface area contributed by atoms with E-state index in [1.165, 1.54) is 0 Å². The van der Waals surface area contributed by atoms with Gasteiger partial charge in [0.15, 0.2) is 0 Å². The average molecular weight is 379 g/mol. The number of amides is 1. The molecule has 1 N–H and O–H groups in total. The van der Waals surface area contributed by atoms with Crippen LogP contribution in [-0.4, -0.2) is 48.1 Å². The minimum absolute atomic E-state index is 0.0834. The molecule has 28 heavy (non-hydrogen) atoms. The van der Waals surface area contributed by atoms with Gasteiger partial charge in [0.2, 0.25) is 5.91 Å². The SMILES string of the molecule is Cn1ccnc1[C@@H](O)C1CCN(C(=O)Cn2ccnc2-c2ccccc2)CC1. The topological polar surface area (TPSA) is 76.2 Å². The number of hydrogen-bond acceptors (Lipinski definition) is 4. The maximum atomic E-state index is 12.8. The van der Waals surface area contributed by atoms with Gasteiger partial charge in [-0.05, 0) is 18.8 Å². The highest BCUT2D eigenvalue weighted by Gasteiger charge is 2.30. The molecule has 1 fully saturated rings. The van der Waals surface area contributed by atoms with Gasteiger partial charge in [0.05, 0.1) is 0 Å². The number of benzene rings is 1. The number of nitrogens with zero attached hydrogens (tertiary/aromatic N) is 5. The molecule has 0 unspecified atom stereocenters. The molecule has 1 aliphatic heterocycles. The highest BCUT2D eigenvalue weighted by Crippen LogP contribution is 2.30. The van der Waals surface area contributed by atoms with Crippen LogP contribution in [-0.2, 0) is 18.4 Å². The first-order valence-electron chi connectivity index (χ1n) is 9.63. The second kappa shape index (κ2) is 7.98. The Balaban J connectivity index is 1.37. The molecule has 1 saturated heterocycles. The number of piperidine rings is 1. The summed E-state index contributed by atoms with van der Waals surface area (Å²) in [6.07, 6.45) is 8.07. The Morgan fingerprint density at radius 1 is 1.14 bits per heavy atom. The van der Waals surface area contributed by atoms with Gasteiger partial charge in [-0.15, -0.1) is 0 Å². The fourth-order valence-corrected chi connectivity index (χ4v) is 3.87. The van der Waals surface area contributed by atoms with Gasteiger partial charge in [-0.2, -0.15) is 0 Å². The quantitative estimate of drug-likeness (QED) is 0.738. The van der Waals surface area contributed by atoms with Crippen LogP contribution >= 0.6 is 0 Å². The first-order valence-corrected chi connectivity index (χ1v) is 9.63. The molecule has 0 spiro atoms. The van der Waals surface area contributed by atoms with Gasteiger partial charge < -0.3 is 19.1 Å². The predicted octanol–water partition coefficient (Wildman–Crippen LogP) is 2.26. The fourth-order valence-electron chi connectivity index (χ4n) is 3.87. The molecule has 3 heterocycles. The lowest BCUT2D eigenvalue weighted by atomic mass is 9.90. The van der Waals surface area contributed by atoms with Crippen molar-refractivity contribution in [2.45, 2.75) is 25.5 Å². The maximum Gasteiger partial charge on any atom is 0.242 e. The molecule has 1 atom stereocenters. The first kappa shape index (κ1) is 18.4. The van der Waals surface area contributed by atoms with Crippen molar-refractivity contribution < 1.29 is 9.90 Å². The molecular formula is C21H25N5O2. The number of aliphatic hydroxyl groups is 1. The molecule has 4 rings (SSSR count). The van der Waals surface area contributed by atoms with Crippen molar-refractivity contribution in [3.8, 4) is 11.4 Å². The van der Waals surface area contributed by atoms with Crippen LogP contribution in [0.3, 0.4) is 0 Å². The fraction of sp³-hybridized carbons (Fsp3) is 0.381. The number of aryl methyl sites for hydroxylation is 1. The Bertz CT molecular complexity index is 925. The highest BCUT2D eigenvalue weighted by atomic mass is 16.3. The number of carbonyl (C=O) groups excluding carboxylic acids is 1. The third-order valence-corrected chi connectivity index (χ3v) is 5.51. The van der Waals surface area contributed by atoms with Gasteiger partial charge in [0, 0.05) is 50.5 Å². The van der Waals surface area contributed by atoms with Gasteiger partial charge in [-0.25, -0.2) is 9.97 Å². The summed E-state index contributed by atoms with van der Waals surface area (Å²) in [6, 6.07) is 9.88. The highest BCUT2D eigenvalue weighted by molar-refractivity contribution is 5.76. The number of carbonyl (C=O) groups is 1. The van der Waals surface area contributed by atoms with Crippen LogP contribution in [0.4, 0.5) is 0 Å². The lowest BCUT2D eigenvalue weighted by Crippen LogP contribution is -2.41. The van der Waals surface area contributed by atoms with Crippen molar-refractivity contribution in [1.29, 1.82) is 0 Å². The smallest absolute Gasteiger partial charge is 0.242 e. The Kier molecular flexibility index (Phi) is 5.25. The Morgan fingerprint density at radius 3 is 2.54 bits per heavy atom. The minimum atomic E-state index is -0.587. The summed E-state index contributed by atoms with van der Waals surface area (Å²) < 4.78 is 3.75. The number of rotatable bonds is 5. The molecule has 1 aliphatic rings. The summed E-state index contributed by atoms with van der Waals surface area (Å²) in [5.41, 5.74) is 0.997. The van der Waals surface area contributed by atoms with Gasteiger partial charge in [-0.1, -0.05) is 30.3 Å². The number of likely N-dealkylation sites (tertiary alicyclic amines) is 1. The number of aliphatic hydroxyl groups excluding tert-OH is 1. The molecule has 1 amide bonds. The van der Waals surface area contributed by atoms with E-state index in [4.69, 9.17) is 0 Å². The molecule has 7 nitrogen and oxygen atoms in total. The molecular weight excluding hydrogens is 354 g/mol. The summed E-state index contributed by atoms with van der Waals surface area (Å²) in [4.78, 5) is 23.4. The van der Waals surface area contributed by atoms with E-state index in [1.54, 1.807) is 12.4 Å². The second-order valence-electron chi connectivity index (χ2n) is 7.30. The molecule has 0 saturated carbocycles. The third-order valence-electron chi connectivity index (χ3n) is 5.51. The van der Waals surface area contributed by atoms with Crippen LogP contribution in [0.1, 0.15) is 24.8 Å². The number of aromatic nitrogens is 4. The van der Waals surface area contributed by atoms with Crippen molar-refractivity contribution in [1.82, 2.24) is 24.0 Å². The van der Waals surface area contributed by atoms with Crippen LogP contribution < -0.4 is 0 Å². The normalized spacial score (nSPS) is 16.3. The van der Waals surface area contributed by atoms with Gasteiger partial charge in [-0.3, -0.25) is 4.79 Å². The van der Waals surface area contributed by atoms with E-state index in [9.17, 15) is 9.90 Å². The number of hydrogen-bond donors (Lipinski definition) is 1. The van der Waals surface area contributed by atoms with Crippen LogP contribution in [0.2, 0.25) is 0 Å². The van der Waals surface area contributed by atoms with Gasteiger partial charge >= 0.3 is 0 Å². The van der Waals surface area contributed by atoms with Crippen molar-refractivity contribution in [3.63, 3.8) is 0 Å². The molecule has 146 valence electrons. The summed E-state index contributed by atoms with van der Waals surface area (Å²) in [5, 5.41) is 10.6. The molecule has 0 aliphatic carbocycles. The zero-order valence-corrected chi connectivity index (χ0v) is 16.0. The summed E-state index contributed by atoms with van der Waals surface area (Å²) >= 11 is 0. The first-order chi connectivity index (χ1) is 13.6. The minimum Gasteiger partial charge on any atom is -0.385 e. The third kappa shape index (κ3) is 3.71. The van der Waals surface area contributed by atoms with E-state index in [0.29, 0.717) is 18.9 Å². The zero-order chi connectivity index (χ0) is 19.5. The Morgan fingerprint density at radius 2 is 1.86 bits per heavy atom. The standard InChI is InChI=1S/C21H25N5O2/c1-24-13-9-23-21(24)19(28)16-7-11-25(12-8-16)18(27)15-26-14-10-22-20(26)17-5-3-2-4-6-17/h2-6,9-10,13-14,16,19,28H,7-8,11-12,15H2,1H3/t19-/m0/s1. The van der Waals surface area contributed by atoms with Crippen LogP contribution in [0.25, 0.3) is 11.4 Å². The molecule has 2 aromatic heterocycles. The van der Waals surface area contributed by atoms with Crippen LogP contribution in [0, 0.1) is 5.92 Å². The Labute approximate surface area is 164 Å². The average Bonchev–Trinajstić information content (AvgIpc) is 3.37. The van der Waals surface area contributed by atoms with Crippen LogP contribution in [0.5, 0.6) is 0 Å². The number of imidazole rings is 2. The van der Waals surface area contributed by atoms with Gasteiger partial charge in [0.1, 0.15) is 24.3 Å². The molecule has 0 bridgehead atoms. The molecule has 3 aromatic rings. The van der Waals surface area contributed by atoms with E-state index < -0.39 is 6.10 Å². The molecule has 7 heteroatoms. The second-order valence-corrected chi connectivity index (χ2v) is 7.30. The predicted molar refractivity (Wildman–Crippen MR) is 105 cm³/mol. The van der Waals surface area contributed by atoms with Gasteiger partial charge in [0.25, 0.3) is 0 Å².